The Hall–Kier alpha value is -0.680. The van der Waals surface area contributed by atoms with E-state index in [1.54, 1.807) is 7.11 Å². The van der Waals surface area contributed by atoms with Crippen LogP contribution in [-0.4, -0.2) is 70.3 Å². The lowest BCUT2D eigenvalue weighted by Crippen LogP contribution is -2.46. The van der Waals surface area contributed by atoms with Gasteiger partial charge < -0.3 is 14.5 Å². The first-order valence-corrected chi connectivity index (χ1v) is 7.45. The highest BCUT2D eigenvalue weighted by Gasteiger charge is 2.16. The molecule has 1 heterocycles. The Morgan fingerprint density at radius 1 is 1.00 bits per heavy atom. The summed E-state index contributed by atoms with van der Waals surface area (Å²) in [5.41, 5.74) is 1.30. The maximum Gasteiger partial charge on any atom is 0.119 e. The van der Waals surface area contributed by atoms with Crippen LogP contribution in [0.5, 0.6) is 5.75 Å². The number of anilines is 1. The summed E-state index contributed by atoms with van der Waals surface area (Å²) in [4.78, 5) is 7.29. The van der Waals surface area contributed by atoms with Gasteiger partial charge in [0, 0.05) is 31.9 Å². The summed E-state index contributed by atoms with van der Waals surface area (Å²) in [6.07, 6.45) is 1.26. The molecule has 0 radical (unpaired) electrons. The van der Waals surface area contributed by atoms with Crippen LogP contribution in [0.25, 0.3) is 0 Å². The van der Waals surface area contributed by atoms with Gasteiger partial charge in [0.1, 0.15) is 5.75 Å². The van der Waals surface area contributed by atoms with Crippen LogP contribution < -0.4 is 9.64 Å². The number of hydrogen-bond donors (Lipinski definition) is 0. The van der Waals surface area contributed by atoms with Crippen molar-refractivity contribution in [2.75, 3.05) is 65.4 Å². The Kier molecular flexibility index (Phi) is 10.6. The predicted octanol–water partition coefficient (Wildman–Crippen LogP) is 2.61. The molecular weight excluding hydrogens is 321 g/mol. The Balaban J connectivity index is 0.00000220. The van der Waals surface area contributed by atoms with Crippen molar-refractivity contribution in [2.45, 2.75) is 6.42 Å². The van der Waals surface area contributed by atoms with Crippen LogP contribution in [-0.2, 0) is 0 Å². The Morgan fingerprint density at radius 2 is 1.59 bits per heavy atom. The number of methoxy groups -OCH3 is 1. The summed E-state index contributed by atoms with van der Waals surface area (Å²) in [6, 6.07) is 8.39. The second-order valence-corrected chi connectivity index (χ2v) is 5.68. The van der Waals surface area contributed by atoms with E-state index in [1.807, 2.05) is 12.1 Å². The van der Waals surface area contributed by atoms with E-state index in [1.165, 1.54) is 38.3 Å². The zero-order chi connectivity index (χ0) is 14.4. The van der Waals surface area contributed by atoms with E-state index in [4.69, 9.17) is 4.74 Å². The van der Waals surface area contributed by atoms with Crippen molar-refractivity contribution in [1.82, 2.24) is 9.80 Å². The van der Waals surface area contributed by atoms with Gasteiger partial charge in [-0.05, 0) is 57.9 Å². The lowest BCUT2D eigenvalue weighted by atomic mass is 10.2. The van der Waals surface area contributed by atoms with E-state index in [-0.39, 0.29) is 24.8 Å². The molecule has 1 aliphatic rings. The summed E-state index contributed by atoms with van der Waals surface area (Å²) in [7, 11) is 5.99. The Morgan fingerprint density at radius 3 is 2.09 bits per heavy atom. The van der Waals surface area contributed by atoms with Crippen molar-refractivity contribution >= 4 is 30.5 Å². The van der Waals surface area contributed by atoms with E-state index < -0.39 is 0 Å². The monoisotopic (exact) mass is 349 g/mol. The maximum absolute atomic E-state index is 5.21. The van der Waals surface area contributed by atoms with Crippen molar-refractivity contribution < 1.29 is 4.74 Å². The minimum Gasteiger partial charge on any atom is -0.497 e. The van der Waals surface area contributed by atoms with Gasteiger partial charge >= 0.3 is 0 Å². The van der Waals surface area contributed by atoms with Gasteiger partial charge in [0.05, 0.1) is 7.11 Å². The largest absolute Gasteiger partial charge is 0.497 e. The molecule has 1 aromatic carbocycles. The molecule has 22 heavy (non-hydrogen) atoms. The molecule has 0 bridgehead atoms. The second-order valence-electron chi connectivity index (χ2n) is 5.68. The maximum atomic E-state index is 5.21. The Bertz CT molecular complexity index is 393. The molecule has 0 unspecified atom stereocenters. The van der Waals surface area contributed by atoms with Gasteiger partial charge in [-0.15, -0.1) is 24.8 Å². The first-order chi connectivity index (χ1) is 9.69. The van der Waals surface area contributed by atoms with E-state index in [0.717, 1.165) is 18.8 Å². The highest BCUT2D eigenvalue weighted by Crippen LogP contribution is 2.20. The standard InChI is InChI=1S/C16H27N3O.2ClH/c1-17(2)9-4-10-18-11-13-19(14-12-18)15-5-7-16(20-3)8-6-15;;/h5-8H,4,9-14H2,1-3H3;2*1H. The minimum atomic E-state index is 0. The SMILES string of the molecule is COc1ccc(N2CCN(CCCN(C)C)CC2)cc1.Cl.Cl. The second kappa shape index (κ2) is 10.9. The van der Waals surface area contributed by atoms with Crippen LogP contribution in [0.15, 0.2) is 24.3 Å². The molecule has 1 aromatic rings. The molecule has 0 saturated carbocycles. The van der Waals surface area contributed by atoms with Crippen LogP contribution >= 0.6 is 24.8 Å². The third kappa shape index (κ3) is 6.61. The molecule has 0 spiro atoms. The van der Waals surface area contributed by atoms with E-state index >= 15 is 0 Å². The molecule has 128 valence electrons. The molecule has 1 saturated heterocycles. The topological polar surface area (TPSA) is 19.0 Å². The minimum absolute atomic E-state index is 0. The van der Waals surface area contributed by atoms with Crippen molar-refractivity contribution in [1.29, 1.82) is 0 Å². The molecule has 2 rings (SSSR count). The fraction of sp³-hybridized carbons (Fsp3) is 0.625. The molecule has 0 amide bonds. The molecule has 0 atom stereocenters. The number of piperazine rings is 1. The van der Waals surface area contributed by atoms with Gasteiger partial charge in [-0.1, -0.05) is 0 Å². The van der Waals surface area contributed by atoms with Crippen molar-refractivity contribution in [2.24, 2.45) is 0 Å². The number of hydrogen-bond acceptors (Lipinski definition) is 4. The van der Waals surface area contributed by atoms with E-state index in [2.05, 4.69) is 40.9 Å². The summed E-state index contributed by atoms with van der Waals surface area (Å²) in [5, 5.41) is 0. The number of nitrogens with zero attached hydrogens (tertiary/aromatic N) is 3. The van der Waals surface area contributed by atoms with Crippen molar-refractivity contribution in [3.8, 4) is 5.75 Å². The van der Waals surface area contributed by atoms with Crippen LogP contribution in [0, 0.1) is 0 Å². The summed E-state index contributed by atoms with van der Waals surface area (Å²) < 4.78 is 5.21. The number of ether oxygens (including phenoxy) is 1. The fourth-order valence-corrected chi connectivity index (χ4v) is 2.63. The third-order valence-corrected chi connectivity index (χ3v) is 3.89. The third-order valence-electron chi connectivity index (χ3n) is 3.89. The van der Waals surface area contributed by atoms with E-state index in [9.17, 15) is 0 Å². The first kappa shape index (κ1) is 21.3. The zero-order valence-corrected chi connectivity index (χ0v) is 15.5. The van der Waals surface area contributed by atoms with Gasteiger partial charge in [0.2, 0.25) is 0 Å². The number of rotatable bonds is 6. The van der Waals surface area contributed by atoms with Gasteiger partial charge in [0.15, 0.2) is 0 Å². The lowest BCUT2D eigenvalue weighted by molar-refractivity contribution is 0.242. The van der Waals surface area contributed by atoms with Crippen molar-refractivity contribution in [3.05, 3.63) is 24.3 Å². The van der Waals surface area contributed by atoms with Crippen molar-refractivity contribution in [3.63, 3.8) is 0 Å². The van der Waals surface area contributed by atoms with Gasteiger partial charge in [-0.3, -0.25) is 4.90 Å². The highest BCUT2D eigenvalue weighted by atomic mass is 35.5. The van der Waals surface area contributed by atoms with Crippen LogP contribution in [0.3, 0.4) is 0 Å². The molecule has 0 N–H and O–H groups in total. The molecule has 1 aliphatic heterocycles. The molecule has 1 fully saturated rings. The smallest absolute Gasteiger partial charge is 0.119 e. The molecule has 0 aromatic heterocycles. The summed E-state index contributed by atoms with van der Waals surface area (Å²) in [6.45, 7) is 6.97. The van der Waals surface area contributed by atoms with Gasteiger partial charge in [-0.25, -0.2) is 0 Å². The Labute approximate surface area is 147 Å². The summed E-state index contributed by atoms with van der Waals surface area (Å²) >= 11 is 0. The fourth-order valence-electron chi connectivity index (χ4n) is 2.63. The normalized spacial score (nSPS) is 15.2. The number of halogens is 2. The molecular formula is C16H29Cl2N3O. The first-order valence-electron chi connectivity index (χ1n) is 7.45. The average Bonchev–Trinajstić information content (AvgIpc) is 2.48. The van der Waals surface area contributed by atoms with E-state index in [0.29, 0.717) is 0 Å². The van der Waals surface area contributed by atoms with Crippen LogP contribution in [0.2, 0.25) is 0 Å². The number of benzene rings is 1. The van der Waals surface area contributed by atoms with Crippen LogP contribution in [0.4, 0.5) is 5.69 Å². The lowest BCUT2D eigenvalue weighted by Gasteiger charge is -2.36. The average molecular weight is 350 g/mol. The molecule has 0 aliphatic carbocycles. The highest BCUT2D eigenvalue weighted by molar-refractivity contribution is 5.85. The molecule has 4 nitrogen and oxygen atoms in total. The predicted molar refractivity (Wildman–Crippen MR) is 99.3 cm³/mol. The van der Waals surface area contributed by atoms with Gasteiger partial charge in [0.25, 0.3) is 0 Å². The van der Waals surface area contributed by atoms with Crippen LogP contribution in [0.1, 0.15) is 6.42 Å². The quantitative estimate of drug-likeness (QED) is 0.785. The molecule has 6 heteroatoms. The van der Waals surface area contributed by atoms with Gasteiger partial charge in [-0.2, -0.15) is 0 Å². The summed E-state index contributed by atoms with van der Waals surface area (Å²) in [5.74, 6) is 0.927. The zero-order valence-electron chi connectivity index (χ0n) is 13.8.